The van der Waals surface area contributed by atoms with Gasteiger partial charge in [0.1, 0.15) is 0 Å². The Morgan fingerprint density at radius 2 is 1.00 bits per heavy atom. The Hall–Kier alpha value is -3.40. The van der Waals surface area contributed by atoms with Crippen molar-refractivity contribution in [1.82, 2.24) is 19.9 Å². The second kappa shape index (κ2) is 10.8. The molecule has 3 aromatic rings. The number of rotatable bonds is 7. The Bertz CT molecular complexity index is 1770. The van der Waals surface area contributed by atoms with Gasteiger partial charge in [0, 0.05) is 27.6 Å². The lowest BCUT2D eigenvalue weighted by atomic mass is 9.95. The molecule has 3 aromatic heterocycles. The highest BCUT2D eigenvalue weighted by atomic mass is 14.8. The molecule has 0 aromatic carbocycles. The number of nitrogens with one attached hydrogen (secondary N) is 2. The second-order valence-electron chi connectivity index (χ2n) is 11.9. The maximum absolute atomic E-state index is 5.44. The van der Waals surface area contributed by atoms with Crippen molar-refractivity contribution in [2.75, 3.05) is 0 Å². The average molecular weight is 547 g/mol. The van der Waals surface area contributed by atoms with Gasteiger partial charge in [0.25, 0.3) is 0 Å². The molecule has 4 heteroatoms. The quantitative estimate of drug-likeness (QED) is 0.310. The van der Waals surface area contributed by atoms with E-state index in [1.165, 1.54) is 83.6 Å². The fraction of sp³-hybridized carbons (Fsp3) is 0.459. The molecule has 214 valence electrons. The molecule has 0 saturated heterocycles. The number of hydrogen-bond acceptors (Lipinski definition) is 2. The van der Waals surface area contributed by atoms with Crippen molar-refractivity contribution in [3.05, 3.63) is 68.8 Å². The third-order valence-electron chi connectivity index (χ3n) is 9.78. The molecule has 0 fully saturated rings. The predicted octanol–water partition coefficient (Wildman–Crippen LogP) is 9.81. The molecule has 4 nitrogen and oxygen atoms in total. The minimum atomic E-state index is 0.455. The fourth-order valence-corrected chi connectivity index (χ4v) is 7.96. The fourth-order valence-electron chi connectivity index (χ4n) is 7.96. The Kier molecular flexibility index (Phi) is 7.30. The molecule has 3 aliphatic rings. The van der Waals surface area contributed by atoms with Gasteiger partial charge in [0.15, 0.2) is 0 Å². The van der Waals surface area contributed by atoms with E-state index in [4.69, 9.17) is 9.97 Å². The summed E-state index contributed by atoms with van der Waals surface area (Å²) in [4.78, 5) is 18.6. The number of hydrogen-bond donors (Lipinski definition) is 2. The average Bonchev–Trinajstić information content (AvgIpc) is 3.75. The summed E-state index contributed by atoms with van der Waals surface area (Å²) in [6, 6.07) is 7.05. The maximum Gasteiger partial charge on any atom is 0.0729 e. The molecule has 8 bridgehead atoms. The topological polar surface area (TPSA) is 57.4 Å². The van der Waals surface area contributed by atoms with Gasteiger partial charge in [-0.2, -0.15) is 0 Å². The van der Waals surface area contributed by atoms with Crippen LogP contribution < -0.4 is 0 Å². The number of allylic oxidation sites excluding steroid dienone is 4. The van der Waals surface area contributed by atoms with Gasteiger partial charge in [0.05, 0.1) is 22.8 Å². The molecule has 1 unspecified atom stereocenters. The first kappa shape index (κ1) is 27.8. The van der Waals surface area contributed by atoms with Crippen LogP contribution in [0.4, 0.5) is 0 Å². The van der Waals surface area contributed by atoms with Gasteiger partial charge in [-0.3, -0.25) is 0 Å². The number of nitrogens with zero attached hydrogens (tertiary/aromatic N) is 2. The minimum absolute atomic E-state index is 0.455. The van der Waals surface area contributed by atoms with Gasteiger partial charge in [-0.25, -0.2) is 9.97 Å². The molecule has 6 rings (SSSR count). The second-order valence-corrected chi connectivity index (χ2v) is 11.9. The van der Waals surface area contributed by atoms with Crippen LogP contribution in [0.15, 0.2) is 18.2 Å². The Labute approximate surface area is 245 Å². The Morgan fingerprint density at radius 1 is 0.561 bits per heavy atom. The van der Waals surface area contributed by atoms with Crippen molar-refractivity contribution in [2.24, 2.45) is 5.92 Å². The van der Waals surface area contributed by atoms with Crippen molar-refractivity contribution in [3.63, 3.8) is 0 Å². The van der Waals surface area contributed by atoms with Gasteiger partial charge in [0.2, 0.25) is 0 Å². The molecule has 2 N–H and O–H groups in total. The highest BCUT2D eigenvalue weighted by Gasteiger charge is 2.35. The smallest absolute Gasteiger partial charge is 0.0729 e. The number of H-pyrrole nitrogens is 2. The monoisotopic (exact) mass is 546 g/mol. The van der Waals surface area contributed by atoms with E-state index in [0.29, 0.717) is 5.92 Å². The number of fused-ring (bicyclic) bond motifs is 8. The van der Waals surface area contributed by atoms with E-state index in [2.05, 4.69) is 83.6 Å². The van der Waals surface area contributed by atoms with Crippen LogP contribution >= 0.6 is 0 Å². The summed E-state index contributed by atoms with van der Waals surface area (Å²) in [5.41, 5.74) is 22.2. The molecule has 0 spiro atoms. The van der Waals surface area contributed by atoms with Crippen molar-refractivity contribution < 1.29 is 0 Å². The summed E-state index contributed by atoms with van der Waals surface area (Å²) in [6.45, 7) is 18.4. The zero-order valence-electron chi connectivity index (χ0n) is 26.4. The van der Waals surface area contributed by atoms with Gasteiger partial charge >= 0.3 is 0 Å². The van der Waals surface area contributed by atoms with Gasteiger partial charge in [-0.15, -0.1) is 0 Å². The minimum Gasteiger partial charge on any atom is -0.355 e. The molecule has 0 saturated carbocycles. The molecule has 1 atom stereocenters. The SMILES string of the molecule is CCC1=C(CC)c2nc1cc1[nH]c(cc3[nH]c(cc4nc5c2CC(C)C5=C4CC)c(CC)c3CC)c(CC)c1CC. The molecule has 41 heavy (non-hydrogen) atoms. The highest BCUT2D eigenvalue weighted by Crippen LogP contribution is 2.48. The number of aryl methyl sites for hydroxylation is 4. The van der Waals surface area contributed by atoms with Crippen LogP contribution in [0.25, 0.3) is 44.4 Å². The van der Waals surface area contributed by atoms with Crippen LogP contribution in [0.1, 0.15) is 125 Å². The van der Waals surface area contributed by atoms with Gasteiger partial charge in [-0.05, 0) is 120 Å². The molecular formula is C37H46N4. The van der Waals surface area contributed by atoms with E-state index < -0.39 is 0 Å². The first-order valence-electron chi connectivity index (χ1n) is 16.2. The highest BCUT2D eigenvalue weighted by molar-refractivity contribution is 6.00. The molecule has 5 heterocycles. The molecule has 0 radical (unpaired) electrons. The lowest BCUT2D eigenvalue weighted by molar-refractivity contribution is 0.776. The largest absolute Gasteiger partial charge is 0.355 e. The summed E-state index contributed by atoms with van der Waals surface area (Å²) < 4.78 is 0. The zero-order valence-corrected chi connectivity index (χ0v) is 26.4. The maximum atomic E-state index is 5.44. The normalized spacial score (nSPS) is 16.4. The van der Waals surface area contributed by atoms with Gasteiger partial charge < -0.3 is 9.97 Å². The zero-order chi connectivity index (χ0) is 29.0. The molecule has 1 aliphatic carbocycles. The van der Waals surface area contributed by atoms with Crippen LogP contribution in [0.2, 0.25) is 0 Å². The summed E-state index contributed by atoms with van der Waals surface area (Å²) in [6.07, 6.45) is 7.98. The lowest BCUT2D eigenvalue weighted by Crippen LogP contribution is -1.96. The molecular weight excluding hydrogens is 500 g/mol. The summed E-state index contributed by atoms with van der Waals surface area (Å²) in [7, 11) is 0. The third kappa shape index (κ3) is 4.16. The summed E-state index contributed by atoms with van der Waals surface area (Å²) >= 11 is 0. The van der Waals surface area contributed by atoms with Crippen molar-refractivity contribution in [1.29, 1.82) is 0 Å². The van der Waals surface area contributed by atoms with E-state index >= 15 is 0 Å². The van der Waals surface area contributed by atoms with E-state index in [-0.39, 0.29) is 0 Å². The lowest BCUT2D eigenvalue weighted by Gasteiger charge is -2.07. The van der Waals surface area contributed by atoms with Gasteiger partial charge in [-0.1, -0.05) is 55.4 Å². The van der Waals surface area contributed by atoms with E-state index in [1.807, 2.05) is 0 Å². The van der Waals surface area contributed by atoms with Crippen LogP contribution in [0.5, 0.6) is 0 Å². The number of aromatic nitrogens is 4. The molecule has 2 aliphatic heterocycles. The van der Waals surface area contributed by atoms with E-state index in [1.54, 1.807) is 0 Å². The third-order valence-corrected chi connectivity index (χ3v) is 9.78. The first-order valence-corrected chi connectivity index (χ1v) is 16.2. The van der Waals surface area contributed by atoms with Crippen LogP contribution in [0, 0.1) is 5.92 Å². The van der Waals surface area contributed by atoms with E-state index in [9.17, 15) is 0 Å². The summed E-state index contributed by atoms with van der Waals surface area (Å²) in [5, 5.41) is 0. The Balaban J connectivity index is 1.86. The van der Waals surface area contributed by atoms with Crippen LogP contribution in [-0.4, -0.2) is 19.9 Å². The van der Waals surface area contributed by atoms with Crippen LogP contribution in [0.3, 0.4) is 0 Å². The predicted molar refractivity (Wildman–Crippen MR) is 176 cm³/mol. The van der Waals surface area contributed by atoms with Crippen molar-refractivity contribution in [2.45, 2.75) is 107 Å². The van der Waals surface area contributed by atoms with Crippen molar-refractivity contribution in [3.8, 4) is 0 Å². The van der Waals surface area contributed by atoms with Crippen LogP contribution in [-0.2, 0) is 32.1 Å². The number of aromatic amines is 2. The standard InChI is InChI=1S/C37H46N4/c1-9-21-23(11-3)31-18-33-25(13-5)26(14-6)36(40-33)28-16-20(8)35-27(15-7)34(41-37(28)35)19-32-24(12-4)22(10-2)30(39-32)17-29(21)38-31/h17-20,38-39H,9-16H2,1-8H3. The first-order chi connectivity index (χ1) is 19.9. The Morgan fingerprint density at radius 3 is 1.46 bits per heavy atom. The van der Waals surface area contributed by atoms with Crippen molar-refractivity contribution >= 4 is 44.4 Å². The molecule has 0 amide bonds. The summed E-state index contributed by atoms with van der Waals surface area (Å²) in [5.74, 6) is 0.455. The van der Waals surface area contributed by atoms with E-state index in [0.717, 1.165) is 62.8 Å².